The summed E-state index contributed by atoms with van der Waals surface area (Å²) in [7, 11) is -2.54. The van der Waals surface area contributed by atoms with E-state index in [1.165, 1.54) is 49.4 Å². The van der Waals surface area contributed by atoms with E-state index in [4.69, 9.17) is 9.47 Å². The summed E-state index contributed by atoms with van der Waals surface area (Å²) in [6.07, 6.45) is 6.50. The number of sulfonamides is 1. The molecule has 4 rings (SSSR count). The number of carbonyl (C=O) groups is 1. The molecule has 1 aromatic heterocycles. The Labute approximate surface area is 178 Å². The molecule has 2 aliphatic heterocycles. The highest BCUT2D eigenvalue weighted by Gasteiger charge is 2.34. The van der Waals surface area contributed by atoms with Gasteiger partial charge in [0.05, 0.1) is 25.9 Å². The van der Waals surface area contributed by atoms with Crippen LogP contribution in [0.15, 0.2) is 17.2 Å². The second-order valence-corrected chi connectivity index (χ2v) is 9.92. The molecular weight excluding hydrogens is 408 g/mol. The maximum absolute atomic E-state index is 13.4. The number of methoxy groups -OCH3 is 1. The third-order valence-electron chi connectivity index (χ3n) is 6.30. The van der Waals surface area contributed by atoms with Gasteiger partial charge >= 0.3 is 5.97 Å². The van der Waals surface area contributed by atoms with Crippen molar-refractivity contribution in [3.8, 4) is 0 Å². The van der Waals surface area contributed by atoms with Crippen LogP contribution in [0, 0.1) is 0 Å². The second kappa shape index (κ2) is 9.17. The van der Waals surface area contributed by atoms with Crippen LogP contribution in [-0.4, -0.2) is 94.2 Å². The molecule has 0 atom stereocenters. The molecule has 0 aromatic carbocycles. The van der Waals surface area contributed by atoms with Crippen molar-refractivity contribution in [1.82, 2.24) is 14.2 Å². The van der Waals surface area contributed by atoms with Crippen LogP contribution in [0.1, 0.15) is 36.0 Å². The lowest BCUT2D eigenvalue weighted by Gasteiger charge is -2.39. The maximum atomic E-state index is 13.4. The number of esters is 1. The molecule has 166 valence electrons. The Morgan fingerprint density at radius 3 is 2.40 bits per heavy atom. The number of piperazine rings is 1. The van der Waals surface area contributed by atoms with Crippen LogP contribution in [0.4, 0.5) is 5.82 Å². The molecule has 0 amide bonds. The van der Waals surface area contributed by atoms with Crippen LogP contribution < -0.4 is 4.90 Å². The number of rotatable bonds is 5. The maximum Gasteiger partial charge on any atom is 0.339 e. The lowest BCUT2D eigenvalue weighted by atomic mass is 10.2. The van der Waals surface area contributed by atoms with Crippen LogP contribution in [0.5, 0.6) is 0 Å². The molecule has 2 saturated heterocycles. The monoisotopic (exact) mass is 438 g/mol. The highest BCUT2D eigenvalue weighted by Crippen LogP contribution is 2.30. The molecule has 0 bridgehead atoms. The van der Waals surface area contributed by atoms with Gasteiger partial charge in [0.2, 0.25) is 10.0 Å². The van der Waals surface area contributed by atoms with Crippen LogP contribution in [0.2, 0.25) is 0 Å². The average molecular weight is 439 g/mol. The van der Waals surface area contributed by atoms with Crippen LogP contribution in [0.3, 0.4) is 0 Å². The van der Waals surface area contributed by atoms with Gasteiger partial charge in [0.1, 0.15) is 10.7 Å². The number of aromatic nitrogens is 1. The Balaban J connectivity index is 1.61. The summed E-state index contributed by atoms with van der Waals surface area (Å²) < 4.78 is 38.4. The molecule has 3 heterocycles. The summed E-state index contributed by atoms with van der Waals surface area (Å²) in [6.45, 7) is 4.51. The first kappa shape index (κ1) is 21.5. The molecule has 0 unspecified atom stereocenters. The molecule has 1 aromatic rings. The number of nitrogens with zero attached hydrogens (tertiary/aromatic N) is 4. The number of anilines is 1. The van der Waals surface area contributed by atoms with E-state index in [9.17, 15) is 13.2 Å². The minimum absolute atomic E-state index is 0.0709. The Hall–Kier alpha value is -1.75. The predicted molar refractivity (Wildman–Crippen MR) is 111 cm³/mol. The zero-order valence-corrected chi connectivity index (χ0v) is 18.3. The highest BCUT2D eigenvalue weighted by atomic mass is 32.2. The van der Waals surface area contributed by atoms with Crippen molar-refractivity contribution in [2.45, 2.75) is 36.6 Å². The first-order chi connectivity index (χ1) is 14.5. The van der Waals surface area contributed by atoms with Crippen LogP contribution >= 0.6 is 0 Å². The Morgan fingerprint density at radius 2 is 1.77 bits per heavy atom. The lowest BCUT2D eigenvalue weighted by molar-refractivity contribution is 0.0599. The zero-order chi connectivity index (χ0) is 21.1. The number of pyridine rings is 1. The molecular formula is C20H30N4O5S. The largest absolute Gasteiger partial charge is 0.465 e. The third kappa shape index (κ3) is 4.32. The van der Waals surface area contributed by atoms with Gasteiger partial charge in [0.15, 0.2) is 0 Å². The summed E-state index contributed by atoms with van der Waals surface area (Å²) in [5.41, 5.74) is 0.137. The fourth-order valence-corrected chi connectivity index (χ4v) is 6.18. The van der Waals surface area contributed by atoms with Gasteiger partial charge in [-0.2, -0.15) is 4.31 Å². The lowest BCUT2D eigenvalue weighted by Crippen LogP contribution is -2.50. The van der Waals surface area contributed by atoms with Gasteiger partial charge in [-0.3, -0.25) is 4.90 Å². The molecule has 9 nitrogen and oxygen atoms in total. The molecule has 3 aliphatic rings. The van der Waals surface area contributed by atoms with Gasteiger partial charge in [-0.15, -0.1) is 0 Å². The Bertz CT molecular complexity index is 858. The summed E-state index contributed by atoms with van der Waals surface area (Å²) in [6, 6.07) is 2.06. The third-order valence-corrected chi connectivity index (χ3v) is 8.20. The standard InChI is InChI=1S/C20H30N4O5S/c1-28-20(25)16-14-18(30(26,27)24-10-12-29-13-11-24)19(21-15-16)23-8-6-22(7-9-23)17-4-2-3-5-17/h14-15,17H,2-13H2,1H3. The summed E-state index contributed by atoms with van der Waals surface area (Å²) in [4.78, 5) is 21.1. The van der Waals surface area contributed by atoms with E-state index in [1.807, 2.05) is 4.90 Å². The molecule has 30 heavy (non-hydrogen) atoms. The predicted octanol–water partition coefficient (Wildman–Crippen LogP) is 0.954. The van der Waals surface area contributed by atoms with Crippen molar-refractivity contribution < 1.29 is 22.7 Å². The van der Waals surface area contributed by atoms with Crippen molar-refractivity contribution in [1.29, 1.82) is 0 Å². The minimum atomic E-state index is -3.81. The number of ether oxygens (including phenoxy) is 2. The van der Waals surface area contributed by atoms with E-state index < -0.39 is 16.0 Å². The molecule has 10 heteroatoms. The number of morpholine rings is 1. The van der Waals surface area contributed by atoms with E-state index in [0.717, 1.165) is 13.1 Å². The van der Waals surface area contributed by atoms with E-state index in [-0.39, 0.29) is 10.5 Å². The van der Waals surface area contributed by atoms with Crippen molar-refractivity contribution in [3.05, 3.63) is 17.8 Å². The molecule has 1 aliphatic carbocycles. The fourth-order valence-electron chi connectivity index (χ4n) is 4.59. The van der Waals surface area contributed by atoms with Gasteiger partial charge in [-0.1, -0.05) is 12.8 Å². The second-order valence-electron chi connectivity index (χ2n) is 8.02. The first-order valence-corrected chi connectivity index (χ1v) is 12.1. The smallest absolute Gasteiger partial charge is 0.339 e. The molecule has 1 saturated carbocycles. The zero-order valence-electron chi connectivity index (χ0n) is 17.5. The quantitative estimate of drug-likeness (QED) is 0.628. The van der Waals surface area contributed by atoms with Crippen molar-refractivity contribution in [2.24, 2.45) is 0 Å². The van der Waals surface area contributed by atoms with Gasteiger partial charge in [0, 0.05) is 51.5 Å². The van der Waals surface area contributed by atoms with E-state index in [0.29, 0.717) is 51.3 Å². The summed E-state index contributed by atoms with van der Waals surface area (Å²) in [5, 5.41) is 0. The summed E-state index contributed by atoms with van der Waals surface area (Å²) in [5.74, 6) is -0.182. The fraction of sp³-hybridized carbons (Fsp3) is 0.700. The topological polar surface area (TPSA) is 92.3 Å². The Kier molecular flexibility index (Phi) is 6.57. The molecule has 0 spiro atoms. The number of carbonyl (C=O) groups excluding carboxylic acids is 1. The van der Waals surface area contributed by atoms with E-state index in [1.54, 1.807) is 0 Å². The van der Waals surface area contributed by atoms with Crippen molar-refractivity contribution >= 4 is 21.8 Å². The average Bonchev–Trinajstić information content (AvgIpc) is 3.34. The number of hydrogen-bond acceptors (Lipinski definition) is 8. The van der Waals surface area contributed by atoms with Crippen molar-refractivity contribution in [3.63, 3.8) is 0 Å². The Morgan fingerprint density at radius 1 is 1.10 bits per heavy atom. The first-order valence-electron chi connectivity index (χ1n) is 10.7. The molecule has 0 radical (unpaired) electrons. The molecule has 3 fully saturated rings. The van der Waals surface area contributed by atoms with Crippen molar-refractivity contribution in [2.75, 3.05) is 64.5 Å². The molecule has 0 N–H and O–H groups in total. The number of hydrogen-bond donors (Lipinski definition) is 0. The summed E-state index contributed by atoms with van der Waals surface area (Å²) >= 11 is 0. The normalized spacial score (nSPS) is 22.4. The van der Waals surface area contributed by atoms with Gasteiger partial charge in [0.25, 0.3) is 0 Å². The minimum Gasteiger partial charge on any atom is -0.465 e. The van der Waals surface area contributed by atoms with E-state index in [2.05, 4.69) is 9.88 Å². The van der Waals surface area contributed by atoms with Gasteiger partial charge in [-0.25, -0.2) is 18.2 Å². The van der Waals surface area contributed by atoms with E-state index >= 15 is 0 Å². The SMILES string of the molecule is COC(=O)c1cnc(N2CCN(C3CCCC3)CC2)c(S(=O)(=O)N2CCOCC2)c1. The van der Waals surface area contributed by atoms with Crippen LogP contribution in [0.25, 0.3) is 0 Å². The highest BCUT2D eigenvalue weighted by molar-refractivity contribution is 7.89. The van der Waals surface area contributed by atoms with Gasteiger partial charge < -0.3 is 14.4 Å². The van der Waals surface area contributed by atoms with Gasteiger partial charge in [-0.05, 0) is 18.9 Å². The van der Waals surface area contributed by atoms with Crippen LogP contribution in [-0.2, 0) is 19.5 Å².